The molecule has 16 nitrogen and oxygen atoms in total. The summed E-state index contributed by atoms with van der Waals surface area (Å²) in [5.74, 6) is -3.62. The summed E-state index contributed by atoms with van der Waals surface area (Å²) in [6, 6.07) is 14.3. The highest BCUT2D eigenvalue weighted by molar-refractivity contribution is 7.99. The first kappa shape index (κ1) is 34.3. The number of ether oxygens (including phenoxy) is 5. The van der Waals surface area contributed by atoms with Crippen LogP contribution >= 0.6 is 11.8 Å². The molecule has 0 bridgehead atoms. The van der Waals surface area contributed by atoms with Gasteiger partial charge in [0.25, 0.3) is 0 Å². The number of carbonyl (C=O) groups excluding carboxylic acids is 4. The van der Waals surface area contributed by atoms with Gasteiger partial charge in [-0.2, -0.15) is 0 Å². The quantitative estimate of drug-likeness (QED) is 0.150. The van der Waals surface area contributed by atoms with E-state index >= 15 is 0 Å². The van der Waals surface area contributed by atoms with Crippen molar-refractivity contribution in [1.29, 1.82) is 0 Å². The summed E-state index contributed by atoms with van der Waals surface area (Å²) in [7, 11) is 0. The predicted octanol–water partition coefficient (Wildman–Crippen LogP) is 1.95. The van der Waals surface area contributed by atoms with Gasteiger partial charge in [-0.1, -0.05) is 60.3 Å². The van der Waals surface area contributed by atoms with Crippen molar-refractivity contribution in [2.45, 2.75) is 68.8 Å². The van der Waals surface area contributed by atoms with Crippen LogP contribution in [0, 0.1) is 0 Å². The van der Waals surface area contributed by atoms with Crippen LogP contribution in [0.15, 0.2) is 53.7 Å². The molecular formula is C31H33N5O11S. The average molecular weight is 684 g/mol. The van der Waals surface area contributed by atoms with Gasteiger partial charge in [-0.25, -0.2) is 14.3 Å². The smallest absolute Gasteiger partial charge is 0.407 e. The summed E-state index contributed by atoms with van der Waals surface area (Å²) >= 11 is 0.940. The number of aromatic nitrogens is 4. The predicted molar refractivity (Wildman–Crippen MR) is 165 cm³/mol. The van der Waals surface area contributed by atoms with Crippen LogP contribution in [-0.2, 0) is 49.4 Å². The zero-order valence-corrected chi connectivity index (χ0v) is 27.0. The van der Waals surface area contributed by atoms with Gasteiger partial charge in [0.1, 0.15) is 31.5 Å². The van der Waals surface area contributed by atoms with E-state index in [9.17, 15) is 29.1 Å². The second-order valence-corrected chi connectivity index (χ2v) is 12.0. The summed E-state index contributed by atoms with van der Waals surface area (Å²) in [6.45, 7) is 3.17. The number of tetrazole rings is 1. The van der Waals surface area contributed by atoms with Gasteiger partial charge in [0.15, 0.2) is 12.2 Å². The summed E-state index contributed by atoms with van der Waals surface area (Å²) < 4.78 is 28.6. The third-order valence-electron chi connectivity index (χ3n) is 7.63. The molecule has 1 aliphatic carbocycles. The molecule has 2 N–H and O–H groups in total. The summed E-state index contributed by atoms with van der Waals surface area (Å²) in [6.07, 6.45) is -5.01. The van der Waals surface area contributed by atoms with E-state index in [1.807, 2.05) is 48.5 Å². The van der Waals surface area contributed by atoms with Crippen molar-refractivity contribution in [2.24, 2.45) is 0 Å². The lowest BCUT2D eigenvalue weighted by Crippen LogP contribution is -2.43. The fourth-order valence-electron chi connectivity index (χ4n) is 5.65. The number of carboxylic acids is 1. The number of nitrogens with one attached hydrogen (secondary N) is 1. The fourth-order valence-corrected chi connectivity index (χ4v) is 6.55. The maximum absolute atomic E-state index is 12.8. The van der Waals surface area contributed by atoms with Crippen LogP contribution in [0.2, 0.25) is 0 Å². The molecule has 3 aromatic rings. The van der Waals surface area contributed by atoms with E-state index in [0.29, 0.717) is 0 Å². The minimum atomic E-state index is -1.37. The summed E-state index contributed by atoms with van der Waals surface area (Å²) in [5.41, 5.74) is 4.15. The molecule has 0 radical (unpaired) electrons. The molecule has 254 valence electrons. The third kappa shape index (κ3) is 8.09. The van der Waals surface area contributed by atoms with Crippen molar-refractivity contribution >= 4 is 41.7 Å². The minimum absolute atomic E-state index is 0.00919. The van der Waals surface area contributed by atoms with Crippen molar-refractivity contribution in [3.63, 3.8) is 0 Å². The number of nitrogens with zero attached hydrogens (tertiary/aromatic N) is 4. The van der Waals surface area contributed by atoms with Crippen molar-refractivity contribution < 1.29 is 52.8 Å². The fraction of sp³-hybridized carbons (Fsp3) is 0.419. The first-order valence-corrected chi connectivity index (χ1v) is 15.9. The molecule has 1 fully saturated rings. The van der Waals surface area contributed by atoms with Crippen molar-refractivity contribution in [2.75, 3.05) is 19.0 Å². The van der Waals surface area contributed by atoms with Gasteiger partial charge in [0, 0.05) is 32.4 Å². The number of alkyl carbamates (subject to hydrolysis) is 1. The van der Waals surface area contributed by atoms with Crippen LogP contribution in [0.1, 0.15) is 37.8 Å². The topological polar surface area (TPSA) is 207 Å². The highest BCUT2D eigenvalue weighted by atomic mass is 32.2. The van der Waals surface area contributed by atoms with Gasteiger partial charge < -0.3 is 34.1 Å². The Morgan fingerprint density at radius 1 is 0.875 bits per heavy atom. The van der Waals surface area contributed by atoms with Gasteiger partial charge in [-0.3, -0.25) is 14.4 Å². The zero-order chi connectivity index (χ0) is 34.4. The minimum Gasteiger partial charge on any atom is -0.480 e. The number of thioether (sulfide) groups is 1. The molecule has 5 atom stereocenters. The third-order valence-corrected chi connectivity index (χ3v) is 8.68. The molecule has 2 heterocycles. The van der Waals surface area contributed by atoms with E-state index in [0.717, 1.165) is 34.0 Å². The Morgan fingerprint density at radius 2 is 1.48 bits per heavy atom. The molecule has 48 heavy (non-hydrogen) atoms. The molecule has 1 amide bonds. The number of hydrogen-bond acceptors (Lipinski definition) is 14. The highest BCUT2D eigenvalue weighted by Gasteiger charge is 2.50. The molecule has 2 aromatic carbocycles. The molecule has 0 saturated carbocycles. The van der Waals surface area contributed by atoms with Crippen LogP contribution in [0.4, 0.5) is 4.79 Å². The van der Waals surface area contributed by atoms with Crippen molar-refractivity contribution in [3.8, 4) is 11.1 Å². The second-order valence-electron chi connectivity index (χ2n) is 11.0. The highest BCUT2D eigenvalue weighted by Crippen LogP contribution is 2.44. The average Bonchev–Trinajstić information content (AvgIpc) is 3.71. The van der Waals surface area contributed by atoms with E-state index in [-0.39, 0.29) is 36.6 Å². The molecular weight excluding hydrogens is 650 g/mol. The summed E-state index contributed by atoms with van der Waals surface area (Å²) in [4.78, 5) is 60.0. The maximum Gasteiger partial charge on any atom is 0.407 e. The number of esters is 3. The number of rotatable bonds is 13. The number of carboxylic acid groups (broad SMARTS) is 1. The zero-order valence-electron chi connectivity index (χ0n) is 26.1. The molecule has 5 rings (SSSR count). The maximum atomic E-state index is 12.8. The molecule has 0 spiro atoms. The molecule has 1 saturated heterocycles. The molecule has 0 unspecified atom stereocenters. The number of hydrogen-bond donors (Lipinski definition) is 2. The second kappa shape index (κ2) is 15.2. The number of fused-ring (bicyclic) bond motifs is 3. The van der Waals surface area contributed by atoms with Crippen LogP contribution in [-0.4, -0.2) is 105 Å². The Balaban J connectivity index is 1.21. The van der Waals surface area contributed by atoms with Crippen molar-refractivity contribution in [3.05, 3.63) is 59.7 Å². The Kier molecular flexibility index (Phi) is 10.9. The lowest BCUT2D eigenvalue weighted by molar-refractivity contribution is -0.165. The van der Waals surface area contributed by atoms with E-state index in [2.05, 4.69) is 20.8 Å². The summed E-state index contributed by atoms with van der Waals surface area (Å²) in [5, 5.41) is 23.9. The monoisotopic (exact) mass is 683 g/mol. The van der Waals surface area contributed by atoms with Gasteiger partial charge in [0.2, 0.25) is 5.16 Å². The number of carbonyl (C=O) groups is 5. The normalized spacial score (nSPS) is 20.2. The van der Waals surface area contributed by atoms with Crippen molar-refractivity contribution in [1.82, 2.24) is 25.5 Å². The van der Waals surface area contributed by atoms with Gasteiger partial charge in [-0.05, 0) is 32.7 Å². The molecule has 17 heteroatoms. The number of aliphatic carboxylic acids is 1. The Hall–Kier alpha value is -5.03. The van der Waals surface area contributed by atoms with E-state index < -0.39 is 60.4 Å². The lowest BCUT2D eigenvalue weighted by Gasteiger charge is -2.23. The molecule has 2 aliphatic rings. The first-order valence-electron chi connectivity index (χ1n) is 14.9. The van der Waals surface area contributed by atoms with Gasteiger partial charge in [-0.15, -0.1) is 5.10 Å². The molecule has 1 aliphatic heterocycles. The Bertz CT molecular complexity index is 1640. The van der Waals surface area contributed by atoms with E-state index in [1.165, 1.54) is 25.5 Å². The van der Waals surface area contributed by atoms with E-state index in [4.69, 9.17) is 23.7 Å². The Morgan fingerprint density at radius 3 is 2.06 bits per heavy atom. The van der Waals surface area contributed by atoms with Crippen LogP contribution in [0.3, 0.4) is 0 Å². The SMILES string of the molecule is CC(=O)OC[C@H]1O[C@@H](Cn2nnnc2SC[C@H](NC(=O)OCC2c3ccccc3-c3ccccc32)C(=O)O)[C@H](OC(C)=O)[C@@H]1OC(C)=O. The van der Waals surface area contributed by atoms with Gasteiger partial charge >= 0.3 is 30.0 Å². The van der Waals surface area contributed by atoms with Crippen LogP contribution < -0.4 is 5.32 Å². The lowest BCUT2D eigenvalue weighted by atomic mass is 9.98. The number of benzene rings is 2. The molecule has 1 aromatic heterocycles. The van der Waals surface area contributed by atoms with Gasteiger partial charge in [0.05, 0.1) is 6.54 Å². The first-order chi connectivity index (χ1) is 23.0. The Labute approximate surface area is 278 Å². The largest absolute Gasteiger partial charge is 0.480 e. The van der Waals surface area contributed by atoms with E-state index in [1.54, 1.807) is 0 Å². The van der Waals surface area contributed by atoms with Crippen LogP contribution in [0.25, 0.3) is 11.1 Å². The van der Waals surface area contributed by atoms with Crippen LogP contribution in [0.5, 0.6) is 0 Å². The standard InChI is InChI=1S/C31H33N5O11S/c1-16(37)43-14-26-28(46-18(3)39)27(45-17(2)38)25(47-26)12-36-30(33-34-35-36)48-15-24(29(40)41)32-31(42)44-13-23-21-10-6-4-8-19(21)20-9-5-7-11-22(20)23/h4-11,23-28H,12-15H2,1-3H3,(H,32,42)(H,40,41)/t24-,25-,26+,27-,28+/m0/s1. The number of amides is 1.